The van der Waals surface area contributed by atoms with E-state index >= 15 is 0 Å². The fourth-order valence-corrected chi connectivity index (χ4v) is 2.24. The summed E-state index contributed by atoms with van der Waals surface area (Å²) in [6.45, 7) is 0. The largest absolute Gasteiger partial charge is 0.360 e. The third-order valence-corrected chi connectivity index (χ3v) is 3.12. The molecule has 0 aliphatic heterocycles. The van der Waals surface area contributed by atoms with E-state index in [4.69, 9.17) is 0 Å². The first-order valence-corrected chi connectivity index (χ1v) is 5.79. The van der Waals surface area contributed by atoms with Crippen LogP contribution < -0.4 is 0 Å². The topological polar surface area (TPSA) is 46.0 Å². The van der Waals surface area contributed by atoms with Crippen LogP contribution in [0.5, 0.6) is 0 Å². The first-order chi connectivity index (χ1) is 8.92. The van der Waals surface area contributed by atoms with E-state index in [0.29, 0.717) is 0 Å². The number of nitrogens with zero attached hydrogens (tertiary/aromatic N) is 3. The molecule has 0 radical (unpaired) electrons. The molecule has 86 valence electrons. The van der Waals surface area contributed by atoms with Gasteiger partial charge in [0.25, 0.3) is 0 Å². The van der Waals surface area contributed by atoms with E-state index in [9.17, 15) is 0 Å². The van der Waals surface area contributed by atoms with Gasteiger partial charge in [-0.2, -0.15) is 5.10 Å². The molecule has 4 rings (SSSR count). The monoisotopic (exact) mass is 234 g/mol. The Morgan fingerprint density at radius 1 is 1.06 bits per heavy atom. The van der Waals surface area contributed by atoms with Gasteiger partial charge in [0, 0.05) is 35.1 Å². The second kappa shape index (κ2) is 3.43. The summed E-state index contributed by atoms with van der Waals surface area (Å²) in [5.41, 5.74) is 4.04. The van der Waals surface area contributed by atoms with Crippen LogP contribution in [0.4, 0.5) is 0 Å². The van der Waals surface area contributed by atoms with Gasteiger partial charge in [0.15, 0.2) is 5.65 Å². The van der Waals surface area contributed by atoms with Crippen LogP contribution in [0, 0.1) is 0 Å². The van der Waals surface area contributed by atoms with Crippen molar-refractivity contribution in [1.29, 1.82) is 0 Å². The summed E-state index contributed by atoms with van der Waals surface area (Å²) in [7, 11) is 0. The molecule has 0 spiro atoms. The van der Waals surface area contributed by atoms with Gasteiger partial charge in [0.1, 0.15) is 0 Å². The summed E-state index contributed by atoms with van der Waals surface area (Å²) in [5.74, 6) is 0. The van der Waals surface area contributed by atoms with Gasteiger partial charge in [0.05, 0.1) is 5.69 Å². The number of hydrogen-bond acceptors (Lipinski definition) is 2. The summed E-state index contributed by atoms with van der Waals surface area (Å²) in [4.78, 5) is 7.46. The van der Waals surface area contributed by atoms with Crippen molar-refractivity contribution in [2.75, 3.05) is 0 Å². The lowest BCUT2D eigenvalue weighted by Gasteiger charge is -1.99. The molecule has 0 saturated carbocycles. The number of para-hydroxylation sites is 1. The summed E-state index contributed by atoms with van der Waals surface area (Å²) in [5, 5.41) is 5.75. The number of H-pyrrole nitrogens is 1. The maximum Gasteiger partial charge on any atom is 0.153 e. The van der Waals surface area contributed by atoms with Crippen LogP contribution in [0.2, 0.25) is 0 Å². The van der Waals surface area contributed by atoms with Crippen LogP contribution in [-0.2, 0) is 0 Å². The summed E-state index contributed by atoms with van der Waals surface area (Å²) >= 11 is 0. The average Bonchev–Trinajstić information content (AvgIpc) is 3.04. The molecule has 0 aliphatic carbocycles. The lowest BCUT2D eigenvalue weighted by atomic mass is 10.1. The Hall–Kier alpha value is -2.62. The molecule has 3 heterocycles. The van der Waals surface area contributed by atoms with E-state index in [2.05, 4.69) is 27.2 Å². The Balaban J connectivity index is 2.00. The van der Waals surface area contributed by atoms with E-state index < -0.39 is 0 Å². The number of fused-ring (bicyclic) bond motifs is 2. The Morgan fingerprint density at radius 3 is 3.00 bits per heavy atom. The normalized spacial score (nSPS) is 11.3. The van der Waals surface area contributed by atoms with Crippen LogP contribution in [0.3, 0.4) is 0 Å². The molecule has 0 fully saturated rings. The number of imidazole rings is 1. The summed E-state index contributed by atoms with van der Waals surface area (Å²) in [6, 6.07) is 12.2. The molecule has 4 aromatic rings. The van der Waals surface area contributed by atoms with Crippen LogP contribution in [0.15, 0.2) is 55.0 Å². The van der Waals surface area contributed by atoms with Gasteiger partial charge in [-0.15, -0.1) is 0 Å². The van der Waals surface area contributed by atoms with Gasteiger partial charge >= 0.3 is 0 Å². The zero-order chi connectivity index (χ0) is 11.9. The molecule has 4 heteroatoms. The Kier molecular flexibility index (Phi) is 1.80. The van der Waals surface area contributed by atoms with Crippen molar-refractivity contribution >= 4 is 16.6 Å². The van der Waals surface area contributed by atoms with Crippen LogP contribution in [0.1, 0.15) is 0 Å². The zero-order valence-electron chi connectivity index (χ0n) is 9.54. The maximum atomic E-state index is 4.56. The van der Waals surface area contributed by atoms with Gasteiger partial charge in [-0.1, -0.05) is 18.2 Å². The Labute approximate surface area is 103 Å². The predicted molar refractivity (Wildman–Crippen MR) is 70.3 cm³/mol. The quantitative estimate of drug-likeness (QED) is 0.550. The van der Waals surface area contributed by atoms with Crippen molar-refractivity contribution < 1.29 is 0 Å². The van der Waals surface area contributed by atoms with Crippen molar-refractivity contribution in [3.05, 3.63) is 55.0 Å². The second-order valence-corrected chi connectivity index (χ2v) is 4.20. The predicted octanol–water partition coefficient (Wildman–Crippen LogP) is 2.88. The van der Waals surface area contributed by atoms with E-state index in [1.54, 1.807) is 10.7 Å². The van der Waals surface area contributed by atoms with Gasteiger partial charge in [0.2, 0.25) is 0 Å². The highest BCUT2D eigenvalue weighted by molar-refractivity contribution is 5.94. The van der Waals surface area contributed by atoms with Crippen molar-refractivity contribution in [2.24, 2.45) is 0 Å². The molecule has 1 aromatic carbocycles. The number of rotatable bonds is 1. The zero-order valence-corrected chi connectivity index (χ0v) is 9.54. The first-order valence-electron chi connectivity index (χ1n) is 5.79. The van der Waals surface area contributed by atoms with E-state index in [1.807, 2.05) is 36.7 Å². The Morgan fingerprint density at radius 2 is 2.00 bits per heavy atom. The molecule has 3 aromatic heterocycles. The fraction of sp³-hybridized carbons (Fsp3) is 0. The highest BCUT2D eigenvalue weighted by Crippen LogP contribution is 2.26. The summed E-state index contributed by atoms with van der Waals surface area (Å²) in [6.07, 6.45) is 5.60. The molecule has 4 nitrogen and oxygen atoms in total. The first kappa shape index (κ1) is 9.41. The highest BCUT2D eigenvalue weighted by Gasteiger charge is 2.07. The van der Waals surface area contributed by atoms with Crippen LogP contribution in [0.25, 0.3) is 27.8 Å². The van der Waals surface area contributed by atoms with E-state index in [1.165, 1.54) is 5.39 Å². The molecule has 0 amide bonds. The number of benzene rings is 1. The summed E-state index contributed by atoms with van der Waals surface area (Å²) < 4.78 is 1.79. The molecule has 0 saturated heterocycles. The molecule has 18 heavy (non-hydrogen) atoms. The maximum absolute atomic E-state index is 4.56. The van der Waals surface area contributed by atoms with Gasteiger partial charge in [-0.3, -0.25) is 0 Å². The van der Waals surface area contributed by atoms with Crippen molar-refractivity contribution in [3.63, 3.8) is 0 Å². The lowest BCUT2D eigenvalue weighted by molar-refractivity contribution is 0.943. The van der Waals surface area contributed by atoms with Crippen molar-refractivity contribution in [3.8, 4) is 11.3 Å². The molecular weight excluding hydrogens is 224 g/mol. The number of hydrogen-bond donors (Lipinski definition) is 1. The van der Waals surface area contributed by atoms with Gasteiger partial charge in [-0.05, 0) is 18.2 Å². The molecule has 1 N–H and O–H groups in total. The van der Waals surface area contributed by atoms with Crippen molar-refractivity contribution in [2.45, 2.75) is 0 Å². The highest BCUT2D eigenvalue weighted by atomic mass is 15.2. The second-order valence-electron chi connectivity index (χ2n) is 4.20. The minimum Gasteiger partial charge on any atom is -0.360 e. The smallest absolute Gasteiger partial charge is 0.153 e. The van der Waals surface area contributed by atoms with Crippen LogP contribution in [-0.4, -0.2) is 19.6 Å². The Bertz CT molecular complexity index is 841. The molecule has 0 atom stereocenters. The average molecular weight is 234 g/mol. The molecule has 0 unspecified atom stereocenters. The number of nitrogens with one attached hydrogen (secondary N) is 1. The minimum absolute atomic E-state index is 0.860. The van der Waals surface area contributed by atoms with Gasteiger partial charge in [-0.25, -0.2) is 9.50 Å². The van der Waals surface area contributed by atoms with E-state index in [0.717, 1.165) is 22.4 Å². The number of aromatic amines is 1. The molecular formula is C14H10N4. The molecule has 0 aliphatic rings. The molecule has 0 bridgehead atoms. The minimum atomic E-state index is 0.860. The third kappa shape index (κ3) is 1.26. The fourth-order valence-electron chi connectivity index (χ4n) is 2.24. The van der Waals surface area contributed by atoms with Crippen molar-refractivity contribution in [1.82, 2.24) is 19.6 Å². The standard InChI is InChI=1S/C14H10N4/c1-2-4-12-10(3-1)11(9-16-12)13-5-6-14-15-7-8-18(14)17-13/h1-9,16H. The van der Waals surface area contributed by atoms with Gasteiger partial charge < -0.3 is 4.98 Å². The lowest BCUT2D eigenvalue weighted by Crippen LogP contribution is -1.92. The third-order valence-electron chi connectivity index (χ3n) is 3.12. The number of aromatic nitrogens is 4. The SMILES string of the molecule is c1ccc2c(-c3ccc4nccn4n3)c[nH]c2c1. The van der Waals surface area contributed by atoms with E-state index in [-0.39, 0.29) is 0 Å². The van der Waals surface area contributed by atoms with Crippen LogP contribution >= 0.6 is 0 Å².